The lowest BCUT2D eigenvalue weighted by Crippen LogP contribution is -1.90. The van der Waals surface area contributed by atoms with Gasteiger partial charge in [0.1, 0.15) is 6.33 Å². The number of nitrogens with zero attached hydrogens (tertiary/aromatic N) is 2. The van der Waals surface area contributed by atoms with Gasteiger partial charge in [-0.05, 0) is 36.4 Å². The zero-order valence-corrected chi connectivity index (χ0v) is 9.22. The number of hydrogen-bond donors (Lipinski definition) is 0. The predicted octanol–water partition coefficient (Wildman–Crippen LogP) is 3.68. The zero-order chi connectivity index (χ0) is 11.0. The minimum atomic E-state index is 0.744. The fourth-order valence-corrected chi connectivity index (χ4v) is 1.89. The lowest BCUT2D eigenvalue weighted by atomic mass is 10.3. The Morgan fingerprint density at radius 1 is 0.938 bits per heavy atom. The van der Waals surface area contributed by atoms with E-state index < -0.39 is 0 Å². The van der Waals surface area contributed by atoms with Crippen LogP contribution < -0.4 is 0 Å². The van der Waals surface area contributed by atoms with E-state index >= 15 is 0 Å². The quantitative estimate of drug-likeness (QED) is 0.621. The van der Waals surface area contributed by atoms with Gasteiger partial charge in [-0.2, -0.15) is 0 Å². The zero-order valence-electron chi connectivity index (χ0n) is 8.47. The van der Waals surface area contributed by atoms with Crippen LogP contribution in [0.3, 0.4) is 0 Å². The minimum absolute atomic E-state index is 0.744. The smallest absolute Gasteiger partial charge is 0.100 e. The van der Waals surface area contributed by atoms with Gasteiger partial charge >= 0.3 is 0 Å². The molecule has 0 radical (unpaired) electrons. The standard InChI is InChI=1S/C13H9ClN2/c14-10-5-7-11(8-6-10)16-9-15-12-3-1-2-4-13(12)16/h1-9H. The van der Waals surface area contributed by atoms with Crippen molar-refractivity contribution in [3.63, 3.8) is 0 Å². The maximum atomic E-state index is 5.87. The van der Waals surface area contributed by atoms with Crippen molar-refractivity contribution in [1.82, 2.24) is 9.55 Å². The molecular weight excluding hydrogens is 220 g/mol. The first-order valence-electron chi connectivity index (χ1n) is 5.02. The van der Waals surface area contributed by atoms with Gasteiger partial charge in [0.15, 0.2) is 0 Å². The summed E-state index contributed by atoms with van der Waals surface area (Å²) in [5.74, 6) is 0. The summed E-state index contributed by atoms with van der Waals surface area (Å²) >= 11 is 5.87. The summed E-state index contributed by atoms with van der Waals surface area (Å²) in [6.45, 7) is 0. The molecule has 16 heavy (non-hydrogen) atoms. The molecule has 1 aromatic heterocycles. The largest absolute Gasteiger partial charge is 0.299 e. The molecule has 0 unspecified atom stereocenters. The summed E-state index contributed by atoms with van der Waals surface area (Å²) in [5, 5.41) is 0.744. The number of halogens is 1. The van der Waals surface area contributed by atoms with Gasteiger partial charge in [0.2, 0.25) is 0 Å². The molecular formula is C13H9ClN2. The number of hydrogen-bond acceptors (Lipinski definition) is 1. The summed E-state index contributed by atoms with van der Waals surface area (Å²) in [5.41, 5.74) is 3.17. The predicted molar refractivity (Wildman–Crippen MR) is 66.1 cm³/mol. The average molecular weight is 229 g/mol. The Hall–Kier alpha value is -1.80. The Bertz CT molecular complexity index is 626. The lowest BCUT2D eigenvalue weighted by Gasteiger charge is -2.03. The van der Waals surface area contributed by atoms with Crippen LogP contribution in [0.25, 0.3) is 16.7 Å². The van der Waals surface area contributed by atoms with Crippen LogP contribution in [0.1, 0.15) is 0 Å². The van der Waals surface area contributed by atoms with Gasteiger partial charge in [-0.15, -0.1) is 0 Å². The van der Waals surface area contributed by atoms with Gasteiger partial charge < -0.3 is 0 Å². The van der Waals surface area contributed by atoms with Crippen molar-refractivity contribution in [1.29, 1.82) is 0 Å². The van der Waals surface area contributed by atoms with Crippen LogP contribution >= 0.6 is 11.6 Å². The summed E-state index contributed by atoms with van der Waals surface area (Å²) in [6.07, 6.45) is 1.83. The van der Waals surface area contributed by atoms with Crippen molar-refractivity contribution < 1.29 is 0 Å². The first-order chi connectivity index (χ1) is 7.84. The van der Waals surface area contributed by atoms with Gasteiger partial charge in [-0.25, -0.2) is 4.98 Å². The average Bonchev–Trinajstić information content (AvgIpc) is 2.74. The Labute approximate surface area is 98.1 Å². The van der Waals surface area contributed by atoms with Crippen LogP contribution in [-0.2, 0) is 0 Å². The SMILES string of the molecule is Clc1ccc(-n2cnc3ccccc32)cc1. The van der Waals surface area contributed by atoms with Crippen LogP contribution in [0.2, 0.25) is 5.02 Å². The molecule has 3 aromatic rings. The lowest BCUT2D eigenvalue weighted by molar-refractivity contribution is 1.09. The number of para-hydroxylation sites is 2. The highest BCUT2D eigenvalue weighted by atomic mass is 35.5. The Morgan fingerprint density at radius 2 is 1.69 bits per heavy atom. The van der Waals surface area contributed by atoms with Crippen LogP contribution in [-0.4, -0.2) is 9.55 Å². The van der Waals surface area contributed by atoms with Crippen LogP contribution in [0, 0.1) is 0 Å². The molecule has 0 fully saturated rings. The summed E-state index contributed by atoms with van der Waals surface area (Å²) in [6, 6.07) is 15.8. The van der Waals surface area contributed by atoms with E-state index in [2.05, 4.69) is 11.1 Å². The van der Waals surface area contributed by atoms with Gasteiger partial charge in [-0.1, -0.05) is 23.7 Å². The first kappa shape index (κ1) is 9.43. The normalized spacial score (nSPS) is 10.8. The highest BCUT2D eigenvalue weighted by Gasteiger charge is 2.02. The van der Waals surface area contributed by atoms with Crippen molar-refractivity contribution >= 4 is 22.6 Å². The number of fused-ring (bicyclic) bond motifs is 1. The molecule has 0 aliphatic carbocycles. The van der Waals surface area contributed by atoms with Crippen molar-refractivity contribution in [2.75, 3.05) is 0 Å². The van der Waals surface area contributed by atoms with Gasteiger partial charge in [0.05, 0.1) is 11.0 Å². The number of imidazole rings is 1. The Balaban J connectivity index is 2.22. The molecule has 0 atom stereocenters. The van der Waals surface area contributed by atoms with Crippen molar-refractivity contribution in [2.45, 2.75) is 0 Å². The summed E-state index contributed by atoms with van der Waals surface area (Å²) in [4.78, 5) is 4.35. The van der Waals surface area contributed by atoms with E-state index in [1.54, 1.807) is 0 Å². The molecule has 0 saturated heterocycles. The van der Waals surface area contributed by atoms with E-state index in [1.165, 1.54) is 0 Å². The minimum Gasteiger partial charge on any atom is -0.299 e. The highest BCUT2D eigenvalue weighted by molar-refractivity contribution is 6.30. The molecule has 3 heteroatoms. The molecule has 0 spiro atoms. The second-order valence-corrected chi connectivity index (χ2v) is 4.02. The van der Waals surface area contributed by atoms with Crippen LogP contribution in [0.5, 0.6) is 0 Å². The van der Waals surface area contributed by atoms with Crippen LogP contribution in [0.4, 0.5) is 0 Å². The molecule has 0 amide bonds. The molecule has 0 saturated carbocycles. The van der Waals surface area contributed by atoms with Gasteiger partial charge in [-0.3, -0.25) is 4.57 Å². The number of rotatable bonds is 1. The van der Waals surface area contributed by atoms with Crippen LogP contribution in [0.15, 0.2) is 54.9 Å². The molecule has 3 rings (SSSR count). The summed E-state index contributed by atoms with van der Waals surface area (Å²) in [7, 11) is 0. The molecule has 2 aromatic carbocycles. The molecule has 0 aliphatic rings. The maximum Gasteiger partial charge on any atom is 0.100 e. The second-order valence-electron chi connectivity index (χ2n) is 3.58. The van der Waals surface area contributed by atoms with E-state index in [-0.39, 0.29) is 0 Å². The molecule has 1 heterocycles. The van der Waals surface area contributed by atoms with E-state index in [1.807, 2.05) is 53.4 Å². The third-order valence-electron chi connectivity index (χ3n) is 2.56. The topological polar surface area (TPSA) is 17.8 Å². The van der Waals surface area contributed by atoms with Crippen molar-refractivity contribution in [2.24, 2.45) is 0 Å². The van der Waals surface area contributed by atoms with Gasteiger partial charge in [0.25, 0.3) is 0 Å². The molecule has 0 bridgehead atoms. The molecule has 0 aliphatic heterocycles. The Morgan fingerprint density at radius 3 is 2.50 bits per heavy atom. The Kier molecular flexibility index (Phi) is 2.15. The van der Waals surface area contributed by atoms with E-state index in [0.29, 0.717) is 0 Å². The monoisotopic (exact) mass is 228 g/mol. The molecule has 78 valence electrons. The molecule has 0 N–H and O–H groups in total. The third-order valence-corrected chi connectivity index (χ3v) is 2.81. The van der Waals surface area contributed by atoms with E-state index in [0.717, 1.165) is 21.7 Å². The van der Waals surface area contributed by atoms with Crippen molar-refractivity contribution in [3.8, 4) is 5.69 Å². The maximum absolute atomic E-state index is 5.87. The fourth-order valence-electron chi connectivity index (χ4n) is 1.77. The van der Waals surface area contributed by atoms with Gasteiger partial charge in [0, 0.05) is 10.7 Å². The number of benzene rings is 2. The summed E-state index contributed by atoms with van der Waals surface area (Å²) < 4.78 is 2.05. The highest BCUT2D eigenvalue weighted by Crippen LogP contribution is 2.19. The van der Waals surface area contributed by atoms with Crippen molar-refractivity contribution in [3.05, 3.63) is 59.9 Å². The second kappa shape index (κ2) is 3.65. The number of aromatic nitrogens is 2. The molecule has 2 nitrogen and oxygen atoms in total. The van der Waals surface area contributed by atoms with E-state index in [4.69, 9.17) is 11.6 Å². The fraction of sp³-hybridized carbons (Fsp3) is 0. The first-order valence-corrected chi connectivity index (χ1v) is 5.40. The third kappa shape index (κ3) is 1.48. The van der Waals surface area contributed by atoms with E-state index in [9.17, 15) is 0 Å².